The Labute approximate surface area is 140 Å². The van der Waals surface area contributed by atoms with Crippen molar-refractivity contribution in [2.45, 2.75) is 38.5 Å². The van der Waals surface area contributed by atoms with Gasteiger partial charge in [0.15, 0.2) is 0 Å². The number of carbonyl (C=O) groups is 3. The van der Waals surface area contributed by atoms with Crippen molar-refractivity contribution < 1.29 is 14.4 Å². The van der Waals surface area contributed by atoms with E-state index in [4.69, 9.17) is 5.26 Å². The summed E-state index contributed by atoms with van der Waals surface area (Å²) < 4.78 is 0. The fourth-order valence-electron chi connectivity index (χ4n) is 3.65. The van der Waals surface area contributed by atoms with Crippen LogP contribution < -0.4 is 5.32 Å². The van der Waals surface area contributed by atoms with Crippen LogP contribution in [0.5, 0.6) is 0 Å². The van der Waals surface area contributed by atoms with Gasteiger partial charge in [0.1, 0.15) is 6.54 Å². The van der Waals surface area contributed by atoms with Gasteiger partial charge < -0.3 is 5.32 Å². The minimum atomic E-state index is -0.573. The highest BCUT2D eigenvalue weighted by Crippen LogP contribution is 2.45. The number of rotatable bonds is 3. The van der Waals surface area contributed by atoms with Crippen LogP contribution in [0.1, 0.15) is 44.1 Å². The van der Waals surface area contributed by atoms with Crippen LogP contribution in [0.15, 0.2) is 24.3 Å². The Morgan fingerprint density at radius 3 is 2.71 bits per heavy atom. The van der Waals surface area contributed by atoms with Crippen molar-refractivity contribution in [3.05, 3.63) is 29.8 Å². The van der Waals surface area contributed by atoms with Gasteiger partial charge in [-0.05, 0) is 31.0 Å². The average Bonchev–Trinajstić information content (AvgIpc) is 2.80. The van der Waals surface area contributed by atoms with E-state index in [1.165, 1.54) is 0 Å². The topological polar surface area (TPSA) is 90.3 Å². The van der Waals surface area contributed by atoms with Crippen molar-refractivity contribution in [2.24, 2.45) is 5.41 Å². The van der Waals surface area contributed by atoms with Crippen LogP contribution in [0.3, 0.4) is 0 Å². The lowest BCUT2D eigenvalue weighted by Gasteiger charge is -2.30. The highest BCUT2D eigenvalue weighted by Gasteiger charge is 2.51. The molecular formula is C18H19N3O3. The Bertz CT molecular complexity index is 729. The highest BCUT2D eigenvalue weighted by atomic mass is 16.2. The van der Waals surface area contributed by atoms with E-state index in [9.17, 15) is 14.4 Å². The van der Waals surface area contributed by atoms with Gasteiger partial charge in [0, 0.05) is 12.1 Å². The molecule has 0 unspecified atom stereocenters. The second-order valence-electron chi connectivity index (χ2n) is 6.54. The van der Waals surface area contributed by atoms with Gasteiger partial charge in [-0.3, -0.25) is 19.3 Å². The summed E-state index contributed by atoms with van der Waals surface area (Å²) in [5, 5.41) is 11.5. The molecule has 1 aliphatic carbocycles. The fourth-order valence-corrected chi connectivity index (χ4v) is 3.65. The molecule has 1 aromatic rings. The van der Waals surface area contributed by atoms with Crippen molar-refractivity contribution in [3.8, 4) is 6.07 Å². The first-order valence-corrected chi connectivity index (χ1v) is 8.19. The molecule has 2 fully saturated rings. The molecule has 1 spiro atoms. The first-order valence-electron chi connectivity index (χ1n) is 8.19. The molecule has 6 nitrogen and oxygen atoms in total. The van der Waals surface area contributed by atoms with Gasteiger partial charge in [-0.15, -0.1) is 0 Å². The van der Waals surface area contributed by atoms with Gasteiger partial charge in [0.05, 0.1) is 17.0 Å². The molecule has 0 aromatic heterocycles. The smallest absolute Gasteiger partial charge is 0.244 e. The number of anilines is 1. The molecule has 24 heavy (non-hydrogen) atoms. The van der Waals surface area contributed by atoms with E-state index in [-0.39, 0.29) is 24.8 Å². The van der Waals surface area contributed by atoms with Crippen LogP contribution in [0, 0.1) is 16.7 Å². The van der Waals surface area contributed by atoms with Crippen LogP contribution in [0.2, 0.25) is 0 Å². The zero-order valence-electron chi connectivity index (χ0n) is 13.4. The summed E-state index contributed by atoms with van der Waals surface area (Å²) in [7, 11) is 0. The number of benzene rings is 1. The van der Waals surface area contributed by atoms with Gasteiger partial charge in [0.2, 0.25) is 17.7 Å². The van der Waals surface area contributed by atoms with E-state index >= 15 is 0 Å². The fraction of sp³-hybridized carbons (Fsp3) is 0.444. The summed E-state index contributed by atoms with van der Waals surface area (Å²) in [5.41, 5.74) is 0.337. The second kappa shape index (κ2) is 6.44. The molecule has 1 heterocycles. The SMILES string of the molecule is N#Cc1cccc(NC(=O)CN2C(=O)CC3(CCCCC3)C2=O)c1. The monoisotopic (exact) mass is 325 g/mol. The van der Waals surface area contributed by atoms with Gasteiger partial charge in [-0.25, -0.2) is 0 Å². The Morgan fingerprint density at radius 2 is 2.00 bits per heavy atom. The molecule has 1 aliphatic heterocycles. The number of hydrogen-bond acceptors (Lipinski definition) is 4. The number of amides is 3. The Kier molecular flexibility index (Phi) is 4.34. The van der Waals surface area contributed by atoms with Crippen molar-refractivity contribution in [1.82, 2.24) is 4.90 Å². The lowest BCUT2D eigenvalue weighted by atomic mass is 9.73. The van der Waals surface area contributed by atoms with Gasteiger partial charge >= 0.3 is 0 Å². The van der Waals surface area contributed by atoms with Crippen LogP contribution in [-0.4, -0.2) is 29.2 Å². The van der Waals surface area contributed by atoms with Gasteiger partial charge in [-0.1, -0.05) is 25.3 Å². The van der Waals surface area contributed by atoms with Crippen molar-refractivity contribution in [1.29, 1.82) is 5.26 Å². The maximum atomic E-state index is 12.7. The summed E-state index contributed by atoms with van der Waals surface area (Å²) in [6.45, 7) is -0.268. The summed E-state index contributed by atoms with van der Waals surface area (Å²) >= 11 is 0. The summed E-state index contributed by atoms with van der Waals surface area (Å²) in [4.78, 5) is 38.2. The molecule has 3 amide bonds. The van der Waals surface area contributed by atoms with Crippen LogP contribution >= 0.6 is 0 Å². The zero-order chi connectivity index (χ0) is 17.2. The molecule has 0 bridgehead atoms. The molecule has 124 valence electrons. The van der Waals surface area contributed by atoms with Gasteiger partial charge in [0.25, 0.3) is 0 Å². The van der Waals surface area contributed by atoms with E-state index in [2.05, 4.69) is 5.32 Å². The number of likely N-dealkylation sites (tertiary alicyclic amines) is 1. The predicted molar refractivity (Wildman–Crippen MR) is 86.6 cm³/mol. The van der Waals surface area contributed by atoms with E-state index in [0.29, 0.717) is 11.3 Å². The standard InChI is InChI=1S/C18H19N3O3/c19-11-13-5-4-6-14(9-13)20-15(22)12-21-16(23)10-18(17(21)24)7-2-1-3-8-18/h4-6,9H,1-3,7-8,10,12H2,(H,20,22). The molecule has 0 radical (unpaired) electrons. The molecule has 6 heteroatoms. The minimum absolute atomic E-state index is 0.201. The summed E-state index contributed by atoms with van der Waals surface area (Å²) in [6.07, 6.45) is 4.71. The molecule has 2 aliphatic rings. The maximum absolute atomic E-state index is 12.7. The number of hydrogen-bond donors (Lipinski definition) is 1. The number of carbonyl (C=O) groups excluding carboxylic acids is 3. The first-order chi connectivity index (χ1) is 11.5. The quantitative estimate of drug-likeness (QED) is 0.863. The highest BCUT2D eigenvalue weighted by molar-refractivity contribution is 6.09. The molecule has 3 rings (SSSR count). The second-order valence-corrected chi connectivity index (χ2v) is 6.54. The third-order valence-corrected chi connectivity index (χ3v) is 4.88. The van der Waals surface area contributed by atoms with E-state index in [0.717, 1.165) is 37.0 Å². The zero-order valence-corrected chi connectivity index (χ0v) is 13.4. The Balaban J connectivity index is 1.67. The third kappa shape index (κ3) is 3.02. The van der Waals surface area contributed by atoms with E-state index < -0.39 is 11.3 Å². The van der Waals surface area contributed by atoms with Crippen LogP contribution in [0.4, 0.5) is 5.69 Å². The molecular weight excluding hydrogens is 306 g/mol. The Morgan fingerprint density at radius 1 is 1.25 bits per heavy atom. The summed E-state index contributed by atoms with van der Waals surface area (Å²) in [5.74, 6) is -0.893. The van der Waals surface area contributed by atoms with Crippen molar-refractivity contribution in [3.63, 3.8) is 0 Å². The van der Waals surface area contributed by atoms with Crippen LogP contribution in [-0.2, 0) is 14.4 Å². The van der Waals surface area contributed by atoms with E-state index in [1.807, 2.05) is 6.07 Å². The first kappa shape index (κ1) is 16.2. The molecule has 1 saturated heterocycles. The molecule has 1 aromatic carbocycles. The molecule has 1 N–H and O–H groups in total. The maximum Gasteiger partial charge on any atom is 0.244 e. The largest absolute Gasteiger partial charge is 0.324 e. The van der Waals surface area contributed by atoms with E-state index in [1.54, 1.807) is 24.3 Å². The minimum Gasteiger partial charge on any atom is -0.324 e. The number of nitrogens with one attached hydrogen (secondary N) is 1. The van der Waals surface area contributed by atoms with Crippen LogP contribution in [0.25, 0.3) is 0 Å². The lowest BCUT2D eigenvalue weighted by molar-refractivity contribution is -0.144. The number of nitriles is 1. The summed E-state index contributed by atoms with van der Waals surface area (Å²) in [6, 6.07) is 8.51. The average molecular weight is 325 g/mol. The third-order valence-electron chi connectivity index (χ3n) is 4.88. The lowest BCUT2D eigenvalue weighted by Crippen LogP contribution is -2.41. The number of nitrogens with zero attached hydrogens (tertiary/aromatic N) is 2. The van der Waals surface area contributed by atoms with Gasteiger partial charge in [-0.2, -0.15) is 5.26 Å². The Hall–Kier alpha value is -2.68. The van der Waals surface area contributed by atoms with Crippen molar-refractivity contribution in [2.75, 3.05) is 11.9 Å². The van der Waals surface area contributed by atoms with Crippen molar-refractivity contribution >= 4 is 23.4 Å². The molecule has 0 atom stereocenters. The normalized spacial score (nSPS) is 19.4. The number of imide groups is 1. The predicted octanol–water partition coefficient (Wildman–Crippen LogP) is 2.21. The molecule has 1 saturated carbocycles.